The monoisotopic (exact) mass is 238 g/mol. The van der Waals surface area contributed by atoms with Gasteiger partial charge in [-0.2, -0.15) is 0 Å². The van der Waals surface area contributed by atoms with E-state index in [1.54, 1.807) is 12.1 Å². The third-order valence-electron chi connectivity index (χ3n) is 2.55. The van der Waals surface area contributed by atoms with E-state index < -0.39 is 0 Å². The second kappa shape index (κ2) is 6.35. The molecule has 0 bridgehead atoms. The van der Waals surface area contributed by atoms with Crippen molar-refractivity contribution in [1.29, 1.82) is 0 Å². The summed E-state index contributed by atoms with van der Waals surface area (Å²) in [5.41, 5.74) is 6.34. The van der Waals surface area contributed by atoms with Crippen molar-refractivity contribution in [1.82, 2.24) is 5.32 Å². The van der Waals surface area contributed by atoms with Crippen LogP contribution in [0.25, 0.3) is 0 Å². The summed E-state index contributed by atoms with van der Waals surface area (Å²) in [5, 5.41) is 2.82. The molecule has 1 aromatic rings. The van der Waals surface area contributed by atoms with Gasteiger partial charge in [-0.05, 0) is 38.0 Å². The number of amides is 1. The maximum Gasteiger partial charge on any atom is 0.220 e. The fraction of sp³-hybridized carbons (Fsp3) is 0.462. The normalized spacial score (nSPS) is 14.1. The van der Waals surface area contributed by atoms with Crippen molar-refractivity contribution in [2.24, 2.45) is 5.73 Å². The highest BCUT2D eigenvalue weighted by Gasteiger charge is 2.10. The Labute approximate surface area is 101 Å². The van der Waals surface area contributed by atoms with Crippen LogP contribution in [0, 0.1) is 5.82 Å². The van der Waals surface area contributed by atoms with Gasteiger partial charge in [-0.25, -0.2) is 4.39 Å². The molecule has 4 heteroatoms. The van der Waals surface area contributed by atoms with Crippen molar-refractivity contribution >= 4 is 5.91 Å². The van der Waals surface area contributed by atoms with Crippen molar-refractivity contribution in [2.75, 3.05) is 0 Å². The van der Waals surface area contributed by atoms with Crippen molar-refractivity contribution in [3.63, 3.8) is 0 Å². The molecule has 0 aromatic heterocycles. The highest BCUT2D eigenvalue weighted by atomic mass is 19.1. The van der Waals surface area contributed by atoms with E-state index in [4.69, 9.17) is 5.73 Å². The van der Waals surface area contributed by atoms with Gasteiger partial charge >= 0.3 is 0 Å². The first-order chi connectivity index (χ1) is 7.99. The van der Waals surface area contributed by atoms with Crippen LogP contribution in [0.3, 0.4) is 0 Å². The predicted octanol–water partition coefficient (Wildman–Crippen LogP) is 2.13. The summed E-state index contributed by atoms with van der Waals surface area (Å²) in [7, 11) is 0. The first-order valence-corrected chi connectivity index (χ1v) is 5.79. The molecule has 1 rings (SSSR count). The molecule has 17 heavy (non-hydrogen) atoms. The van der Waals surface area contributed by atoms with Gasteiger partial charge in [0, 0.05) is 12.5 Å². The first kappa shape index (κ1) is 13.6. The zero-order valence-corrected chi connectivity index (χ0v) is 10.2. The highest BCUT2D eigenvalue weighted by molar-refractivity contribution is 5.76. The van der Waals surface area contributed by atoms with Crippen LogP contribution in [0.1, 0.15) is 38.3 Å². The summed E-state index contributed by atoms with van der Waals surface area (Å²) < 4.78 is 13.0. The molecular weight excluding hydrogens is 219 g/mol. The molecular formula is C13H19FN2O. The maximum atomic E-state index is 13.0. The highest BCUT2D eigenvalue weighted by Crippen LogP contribution is 2.13. The Morgan fingerprint density at radius 3 is 2.76 bits per heavy atom. The van der Waals surface area contributed by atoms with E-state index in [1.807, 2.05) is 13.8 Å². The Morgan fingerprint density at radius 2 is 2.18 bits per heavy atom. The van der Waals surface area contributed by atoms with Gasteiger partial charge in [0.25, 0.3) is 0 Å². The Hall–Kier alpha value is -1.42. The van der Waals surface area contributed by atoms with Crippen LogP contribution >= 0.6 is 0 Å². The minimum atomic E-state index is -0.292. The minimum absolute atomic E-state index is 0.0187. The van der Waals surface area contributed by atoms with Crippen LogP contribution in [0.5, 0.6) is 0 Å². The second-order valence-electron chi connectivity index (χ2n) is 4.36. The second-order valence-corrected chi connectivity index (χ2v) is 4.36. The molecule has 0 fully saturated rings. The molecule has 1 amide bonds. The molecule has 1 aromatic carbocycles. The number of hydrogen-bond acceptors (Lipinski definition) is 2. The van der Waals surface area contributed by atoms with Crippen molar-refractivity contribution in [3.8, 4) is 0 Å². The molecule has 0 aliphatic rings. The minimum Gasteiger partial charge on any atom is -0.350 e. The van der Waals surface area contributed by atoms with Gasteiger partial charge in [-0.15, -0.1) is 0 Å². The quantitative estimate of drug-likeness (QED) is 0.825. The summed E-state index contributed by atoms with van der Waals surface area (Å²) in [5.74, 6) is -0.349. The molecule has 0 saturated heterocycles. The summed E-state index contributed by atoms with van der Waals surface area (Å²) in [6.45, 7) is 3.70. The van der Waals surface area contributed by atoms with Crippen LogP contribution in [0.15, 0.2) is 24.3 Å². The average molecular weight is 238 g/mol. The van der Waals surface area contributed by atoms with Crippen LogP contribution in [-0.4, -0.2) is 11.9 Å². The summed E-state index contributed by atoms with van der Waals surface area (Å²) in [4.78, 5) is 11.6. The lowest BCUT2D eigenvalue weighted by molar-refractivity contribution is -0.121. The van der Waals surface area contributed by atoms with Crippen molar-refractivity contribution in [3.05, 3.63) is 35.6 Å². The van der Waals surface area contributed by atoms with Gasteiger partial charge in [0.15, 0.2) is 0 Å². The number of carbonyl (C=O) groups excluding carboxylic acids is 1. The lowest BCUT2D eigenvalue weighted by Crippen LogP contribution is -2.28. The molecule has 3 nitrogen and oxygen atoms in total. The maximum absolute atomic E-state index is 13.0. The number of carbonyl (C=O) groups is 1. The van der Waals surface area contributed by atoms with Crippen LogP contribution in [0.4, 0.5) is 4.39 Å². The van der Waals surface area contributed by atoms with Crippen molar-refractivity contribution < 1.29 is 9.18 Å². The number of rotatable bonds is 5. The molecule has 0 aliphatic heterocycles. The Bertz CT molecular complexity index is 379. The molecule has 0 aliphatic carbocycles. The fourth-order valence-electron chi connectivity index (χ4n) is 1.53. The summed E-state index contributed by atoms with van der Waals surface area (Å²) >= 11 is 0. The Kier molecular flexibility index (Phi) is 5.10. The fourth-order valence-corrected chi connectivity index (χ4v) is 1.53. The van der Waals surface area contributed by atoms with Gasteiger partial charge in [-0.3, -0.25) is 4.79 Å². The van der Waals surface area contributed by atoms with Crippen molar-refractivity contribution in [2.45, 2.75) is 38.8 Å². The van der Waals surface area contributed by atoms with Gasteiger partial charge in [0.1, 0.15) is 5.82 Å². The van der Waals surface area contributed by atoms with Gasteiger partial charge in [0.05, 0.1) is 6.04 Å². The zero-order chi connectivity index (χ0) is 12.8. The van der Waals surface area contributed by atoms with E-state index in [0.717, 1.165) is 5.56 Å². The van der Waals surface area contributed by atoms with Gasteiger partial charge in [0.2, 0.25) is 5.91 Å². The largest absolute Gasteiger partial charge is 0.350 e. The van der Waals surface area contributed by atoms with E-state index in [-0.39, 0.29) is 23.8 Å². The van der Waals surface area contributed by atoms with Crippen LogP contribution in [0.2, 0.25) is 0 Å². The first-order valence-electron chi connectivity index (χ1n) is 5.79. The van der Waals surface area contributed by atoms with E-state index >= 15 is 0 Å². The number of nitrogens with two attached hydrogens (primary N) is 1. The number of halogens is 1. The standard InChI is InChI=1S/C13H19FN2O/c1-9(15)6-7-13(17)16-10(2)11-4-3-5-12(14)8-11/h3-5,8-10H,6-7,15H2,1-2H3,(H,16,17)/t9?,10-/m0/s1. The van der Waals surface area contributed by atoms with E-state index in [1.165, 1.54) is 12.1 Å². The lowest BCUT2D eigenvalue weighted by atomic mass is 10.1. The number of hydrogen-bond donors (Lipinski definition) is 2. The van der Waals surface area contributed by atoms with Crippen LogP contribution in [-0.2, 0) is 4.79 Å². The third-order valence-corrected chi connectivity index (χ3v) is 2.55. The molecule has 1 unspecified atom stereocenters. The smallest absolute Gasteiger partial charge is 0.220 e. The molecule has 0 saturated carbocycles. The topological polar surface area (TPSA) is 55.1 Å². The average Bonchev–Trinajstić information content (AvgIpc) is 2.26. The van der Waals surface area contributed by atoms with Gasteiger partial charge < -0.3 is 11.1 Å². The Morgan fingerprint density at radius 1 is 1.47 bits per heavy atom. The number of nitrogens with one attached hydrogen (secondary N) is 1. The molecule has 94 valence electrons. The summed E-state index contributed by atoms with van der Waals surface area (Å²) in [6, 6.07) is 6.07. The van der Waals surface area contributed by atoms with Crippen LogP contribution < -0.4 is 11.1 Å². The number of benzene rings is 1. The Balaban J connectivity index is 2.48. The third kappa shape index (κ3) is 4.95. The van der Waals surface area contributed by atoms with E-state index in [0.29, 0.717) is 12.8 Å². The molecule has 0 heterocycles. The molecule has 2 atom stereocenters. The lowest BCUT2D eigenvalue weighted by Gasteiger charge is -2.14. The van der Waals surface area contributed by atoms with E-state index in [2.05, 4.69) is 5.32 Å². The SMILES string of the molecule is CC(N)CCC(=O)N[C@@H](C)c1cccc(F)c1. The summed E-state index contributed by atoms with van der Waals surface area (Å²) in [6.07, 6.45) is 1.05. The predicted molar refractivity (Wildman–Crippen MR) is 65.8 cm³/mol. The van der Waals surface area contributed by atoms with E-state index in [9.17, 15) is 9.18 Å². The van der Waals surface area contributed by atoms with Gasteiger partial charge in [-0.1, -0.05) is 12.1 Å². The molecule has 0 radical (unpaired) electrons. The molecule has 0 spiro atoms. The molecule has 3 N–H and O–H groups in total. The zero-order valence-electron chi connectivity index (χ0n) is 10.2.